The van der Waals surface area contributed by atoms with Crippen molar-refractivity contribution in [2.24, 2.45) is 17.6 Å². The van der Waals surface area contributed by atoms with Gasteiger partial charge in [-0.3, -0.25) is 4.90 Å². The van der Waals surface area contributed by atoms with Crippen molar-refractivity contribution >= 4 is 31.9 Å². The molecule has 1 fully saturated rings. The molecule has 3 nitrogen and oxygen atoms in total. The molecule has 2 unspecified atom stereocenters. The SMILES string of the molecule is CC(C)C1CCN(C(CN)c2cc(Br)c(Br)o2)C1. The summed E-state index contributed by atoms with van der Waals surface area (Å²) in [5.41, 5.74) is 5.93. The Hall–Kier alpha value is 0.160. The molecular formula is C13H20Br2N2O. The molecule has 1 aromatic rings. The number of rotatable bonds is 4. The summed E-state index contributed by atoms with van der Waals surface area (Å²) in [6.45, 7) is 7.42. The number of hydrogen-bond acceptors (Lipinski definition) is 3. The molecule has 2 heterocycles. The lowest BCUT2D eigenvalue weighted by atomic mass is 9.95. The van der Waals surface area contributed by atoms with E-state index in [1.807, 2.05) is 6.07 Å². The number of nitrogens with zero attached hydrogens (tertiary/aromatic N) is 1. The molecule has 0 spiro atoms. The second-order valence-corrected chi connectivity index (χ2v) is 6.88. The highest BCUT2D eigenvalue weighted by Gasteiger charge is 2.31. The number of nitrogens with two attached hydrogens (primary N) is 1. The summed E-state index contributed by atoms with van der Waals surface area (Å²) in [5, 5.41) is 0. The summed E-state index contributed by atoms with van der Waals surface area (Å²) in [6, 6.07) is 2.21. The molecule has 18 heavy (non-hydrogen) atoms. The molecule has 2 N–H and O–H groups in total. The predicted octanol–water partition coefficient (Wildman–Crippen LogP) is 3.78. The summed E-state index contributed by atoms with van der Waals surface area (Å²) >= 11 is 6.84. The van der Waals surface area contributed by atoms with Crippen LogP contribution in [0.25, 0.3) is 0 Å². The van der Waals surface area contributed by atoms with Gasteiger partial charge in [0.1, 0.15) is 5.76 Å². The molecule has 1 aromatic heterocycles. The van der Waals surface area contributed by atoms with Gasteiger partial charge in [-0.05, 0) is 62.7 Å². The molecule has 0 radical (unpaired) electrons. The third kappa shape index (κ3) is 3.00. The molecule has 0 aromatic carbocycles. The molecule has 0 saturated carbocycles. The van der Waals surface area contributed by atoms with Gasteiger partial charge >= 0.3 is 0 Å². The lowest BCUT2D eigenvalue weighted by Crippen LogP contribution is -2.32. The third-order valence-electron chi connectivity index (χ3n) is 3.86. The van der Waals surface area contributed by atoms with Gasteiger partial charge in [0.25, 0.3) is 0 Å². The van der Waals surface area contributed by atoms with Crippen LogP contribution in [0.3, 0.4) is 0 Å². The zero-order valence-electron chi connectivity index (χ0n) is 10.8. The Balaban J connectivity index is 2.10. The van der Waals surface area contributed by atoms with E-state index in [-0.39, 0.29) is 6.04 Å². The molecule has 1 aliphatic rings. The molecule has 0 amide bonds. The monoisotopic (exact) mass is 378 g/mol. The average molecular weight is 380 g/mol. The first kappa shape index (κ1) is 14.6. The van der Waals surface area contributed by atoms with Gasteiger partial charge in [-0.15, -0.1) is 0 Å². The predicted molar refractivity (Wildman–Crippen MR) is 80.4 cm³/mol. The lowest BCUT2D eigenvalue weighted by molar-refractivity contribution is 0.204. The van der Waals surface area contributed by atoms with E-state index < -0.39 is 0 Å². The van der Waals surface area contributed by atoms with Crippen LogP contribution in [0.2, 0.25) is 0 Å². The van der Waals surface area contributed by atoms with Crippen molar-refractivity contribution in [3.63, 3.8) is 0 Å². The van der Waals surface area contributed by atoms with Crippen molar-refractivity contribution < 1.29 is 4.42 Å². The van der Waals surface area contributed by atoms with Gasteiger partial charge in [-0.25, -0.2) is 0 Å². The molecule has 0 aliphatic carbocycles. The Morgan fingerprint density at radius 2 is 2.22 bits per heavy atom. The normalized spacial score (nSPS) is 22.9. The van der Waals surface area contributed by atoms with E-state index in [1.54, 1.807) is 0 Å². The Morgan fingerprint density at radius 1 is 1.50 bits per heavy atom. The van der Waals surface area contributed by atoms with E-state index in [0.29, 0.717) is 6.54 Å². The topological polar surface area (TPSA) is 42.4 Å². The van der Waals surface area contributed by atoms with Gasteiger partial charge < -0.3 is 10.2 Å². The van der Waals surface area contributed by atoms with Crippen molar-refractivity contribution in [3.8, 4) is 0 Å². The van der Waals surface area contributed by atoms with Crippen molar-refractivity contribution in [1.29, 1.82) is 0 Å². The molecular weight excluding hydrogens is 360 g/mol. The van der Waals surface area contributed by atoms with Crippen LogP contribution in [0, 0.1) is 11.8 Å². The Bertz CT molecular complexity index is 386. The fraction of sp³-hybridized carbons (Fsp3) is 0.692. The van der Waals surface area contributed by atoms with Gasteiger partial charge in [0.05, 0.1) is 10.5 Å². The summed E-state index contributed by atoms with van der Waals surface area (Å²) in [5.74, 6) is 2.46. The maximum atomic E-state index is 5.93. The highest BCUT2D eigenvalue weighted by atomic mass is 79.9. The molecule has 2 atom stereocenters. The van der Waals surface area contributed by atoms with Crippen LogP contribution in [-0.2, 0) is 0 Å². The van der Waals surface area contributed by atoms with Gasteiger partial charge in [-0.1, -0.05) is 13.8 Å². The third-order valence-corrected chi connectivity index (χ3v) is 5.57. The largest absolute Gasteiger partial charge is 0.451 e. The fourth-order valence-corrected chi connectivity index (χ4v) is 3.22. The van der Waals surface area contributed by atoms with Crippen molar-refractivity contribution in [1.82, 2.24) is 4.90 Å². The number of furan rings is 1. The fourth-order valence-electron chi connectivity index (χ4n) is 2.62. The minimum absolute atomic E-state index is 0.191. The van der Waals surface area contributed by atoms with Crippen molar-refractivity contribution in [3.05, 3.63) is 21.0 Å². The van der Waals surface area contributed by atoms with Crippen molar-refractivity contribution in [2.75, 3.05) is 19.6 Å². The first-order valence-corrected chi connectivity index (χ1v) is 8.00. The van der Waals surface area contributed by atoms with Gasteiger partial charge in [0.2, 0.25) is 0 Å². The highest BCUT2D eigenvalue weighted by Crippen LogP contribution is 2.35. The zero-order chi connectivity index (χ0) is 13.3. The molecule has 0 bridgehead atoms. The average Bonchev–Trinajstić information content (AvgIpc) is 2.89. The van der Waals surface area contributed by atoms with E-state index in [1.165, 1.54) is 6.42 Å². The van der Waals surface area contributed by atoms with E-state index in [2.05, 4.69) is 50.6 Å². The molecule has 5 heteroatoms. The highest BCUT2D eigenvalue weighted by molar-refractivity contribution is 9.13. The molecule has 2 rings (SSSR count). The lowest BCUT2D eigenvalue weighted by Gasteiger charge is -2.25. The number of hydrogen-bond donors (Lipinski definition) is 1. The number of likely N-dealkylation sites (tertiary alicyclic amines) is 1. The first-order chi connectivity index (χ1) is 8.52. The van der Waals surface area contributed by atoms with Crippen LogP contribution in [-0.4, -0.2) is 24.5 Å². The smallest absolute Gasteiger partial charge is 0.183 e. The van der Waals surface area contributed by atoms with E-state index >= 15 is 0 Å². The Labute approximate surface area is 125 Å². The molecule has 1 aliphatic heterocycles. The quantitative estimate of drug-likeness (QED) is 0.865. The molecule has 102 valence electrons. The maximum absolute atomic E-state index is 5.93. The van der Waals surface area contributed by atoms with E-state index in [0.717, 1.165) is 39.8 Å². The Morgan fingerprint density at radius 3 is 2.67 bits per heavy atom. The van der Waals surface area contributed by atoms with E-state index in [9.17, 15) is 0 Å². The second kappa shape index (κ2) is 6.07. The molecule has 1 saturated heterocycles. The van der Waals surface area contributed by atoms with Gasteiger partial charge in [0.15, 0.2) is 4.67 Å². The van der Waals surface area contributed by atoms with Crippen LogP contribution in [0.5, 0.6) is 0 Å². The summed E-state index contributed by atoms with van der Waals surface area (Å²) in [4.78, 5) is 2.45. The van der Waals surface area contributed by atoms with Crippen LogP contribution in [0.15, 0.2) is 19.6 Å². The summed E-state index contributed by atoms with van der Waals surface area (Å²) in [6.07, 6.45) is 1.26. The minimum Gasteiger partial charge on any atom is -0.451 e. The van der Waals surface area contributed by atoms with E-state index in [4.69, 9.17) is 10.2 Å². The Kier molecular flexibility index (Phi) is 4.92. The van der Waals surface area contributed by atoms with Gasteiger partial charge in [0, 0.05) is 13.1 Å². The summed E-state index contributed by atoms with van der Waals surface area (Å²) < 4.78 is 7.42. The zero-order valence-corrected chi connectivity index (χ0v) is 14.0. The summed E-state index contributed by atoms with van der Waals surface area (Å²) in [7, 11) is 0. The van der Waals surface area contributed by atoms with Gasteiger partial charge in [-0.2, -0.15) is 0 Å². The van der Waals surface area contributed by atoms with Crippen LogP contribution in [0.1, 0.15) is 32.1 Å². The maximum Gasteiger partial charge on any atom is 0.183 e. The van der Waals surface area contributed by atoms with Crippen LogP contribution in [0.4, 0.5) is 0 Å². The van der Waals surface area contributed by atoms with Crippen LogP contribution < -0.4 is 5.73 Å². The number of halogens is 2. The second-order valence-electron chi connectivity index (χ2n) is 5.31. The minimum atomic E-state index is 0.191. The van der Waals surface area contributed by atoms with Crippen LogP contribution >= 0.6 is 31.9 Å². The standard InChI is InChI=1S/C13H20Br2N2O/c1-8(2)9-3-4-17(7-9)11(6-16)12-5-10(14)13(15)18-12/h5,8-9,11H,3-4,6-7,16H2,1-2H3. The van der Waals surface area contributed by atoms with Crippen molar-refractivity contribution in [2.45, 2.75) is 26.3 Å². The first-order valence-electron chi connectivity index (χ1n) is 6.41.